The summed E-state index contributed by atoms with van der Waals surface area (Å²) in [6.45, 7) is 5.34. The summed E-state index contributed by atoms with van der Waals surface area (Å²) in [5.74, 6) is -0.105. The van der Waals surface area contributed by atoms with Crippen LogP contribution in [0.15, 0.2) is 0 Å². The van der Waals surface area contributed by atoms with E-state index < -0.39 is 17.8 Å². The fourth-order valence-electron chi connectivity index (χ4n) is 1.52. The van der Waals surface area contributed by atoms with Crippen LogP contribution < -0.4 is 0 Å². The van der Waals surface area contributed by atoms with E-state index in [1.54, 1.807) is 20.8 Å². The molecule has 0 aliphatic carbocycles. The van der Waals surface area contributed by atoms with Crippen LogP contribution >= 0.6 is 0 Å². The molecule has 4 heteroatoms. The number of aliphatic hydroxyl groups excluding tert-OH is 2. The van der Waals surface area contributed by atoms with E-state index in [0.29, 0.717) is 0 Å². The number of rotatable bonds is 6. The van der Waals surface area contributed by atoms with Crippen LogP contribution in [0.3, 0.4) is 0 Å². The van der Waals surface area contributed by atoms with Gasteiger partial charge in [-0.2, -0.15) is 0 Å². The van der Waals surface area contributed by atoms with Crippen molar-refractivity contribution in [2.24, 2.45) is 5.92 Å². The van der Waals surface area contributed by atoms with Crippen LogP contribution in [0.2, 0.25) is 0 Å². The van der Waals surface area contributed by atoms with Gasteiger partial charge in [0.15, 0.2) is 0 Å². The highest BCUT2D eigenvalue weighted by Gasteiger charge is 2.42. The van der Waals surface area contributed by atoms with Crippen molar-refractivity contribution in [3.05, 3.63) is 0 Å². The number of ether oxygens (including phenoxy) is 1. The standard InChI is InChI=1S/C10H22O4/c1-5-10(13,8(11)6-14-4)9(12)7(2)3/h7-9,11-13H,5-6H2,1-4H3/t8-,9?,10+/m0/s1. The minimum absolute atomic E-state index is 0.0219. The summed E-state index contributed by atoms with van der Waals surface area (Å²) in [6, 6.07) is 0. The van der Waals surface area contributed by atoms with Gasteiger partial charge in [0.05, 0.1) is 12.7 Å². The Hall–Kier alpha value is -0.160. The normalized spacial score (nSPS) is 20.6. The zero-order valence-corrected chi connectivity index (χ0v) is 9.40. The van der Waals surface area contributed by atoms with E-state index in [0.717, 1.165) is 0 Å². The van der Waals surface area contributed by atoms with E-state index in [-0.39, 0.29) is 18.9 Å². The van der Waals surface area contributed by atoms with Crippen LogP contribution in [-0.4, -0.2) is 46.8 Å². The predicted octanol–water partition coefficient (Wildman–Crippen LogP) is 0.152. The molecule has 0 rings (SSSR count). The molecule has 0 bridgehead atoms. The van der Waals surface area contributed by atoms with Crippen molar-refractivity contribution in [2.75, 3.05) is 13.7 Å². The second kappa shape index (κ2) is 5.66. The van der Waals surface area contributed by atoms with E-state index in [4.69, 9.17) is 4.74 Å². The zero-order chi connectivity index (χ0) is 11.4. The largest absolute Gasteiger partial charge is 0.390 e. The van der Waals surface area contributed by atoms with E-state index >= 15 is 0 Å². The molecule has 3 N–H and O–H groups in total. The molecule has 0 fully saturated rings. The van der Waals surface area contributed by atoms with Gasteiger partial charge in [-0.3, -0.25) is 0 Å². The van der Waals surface area contributed by atoms with E-state index in [1.165, 1.54) is 7.11 Å². The highest BCUT2D eigenvalue weighted by Crippen LogP contribution is 2.25. The molecule has 0 heterocycles. The van der Waals surface area contributed by atoms with Gasteiger partial charge in [-0.25, -0.2) is 0 Å². The Kier molecular flexibility index (Phi) is 5.59. The van der Waals surface area contributed by atoms with Crippen molar-refractivity contribution in [1.82, 2.24) is 0 Å². The van der Waals surface area contributed by atoms with Crippen molar-refractivity contribution in [2.45, 2.75) is 45.0 Å². The van der Waals surface area contributed by atoms with Gasteiger partial charge in [-0.05, 0) is 12.3 Å². The lowest BCUT2D eigenvalue weighted by atomic mass is 9.82. The van der Waals surface area contributed by atoms with Gasteiger partial charge in [0, 0.05) is 7.11 Å². The molecule has 0 aliphatic rings. The first-order valence-electron chi connectivity index (χ1n) is 4.97. The Labute approximate surface area is 85.5 Å². The van der Waals surface area contributed by atoms with Crippen molar-refractivity contribution in [3.8, 4) is 0 Å². The Balaban J connectivity index is 4.59. The van der Waals surface area contributed by atoms with E-state index in [2.05, 4.69) is 0 Å². The Morgan fingerprint density at radius 1 is 1.29 bits per heavy atom. The monoisotopic (exact) mass is 206 g/mol. The minimum Gasteiger partial charge on any atom is -0.390 e. The second-order valence-electron chi connectivity index (χ2n) is 4.00. The van der Waals surface area contributed by atoms with E-state index in [9.17, 15) is 15.3 Å². The average molecular weight is 206 g/mol. The first-order valence-corrected chi connectivity index (χ1v) is 4.97. The van der Waals surface area contributed by atoms with Crippen LogP contribution in [0.5, 0.6) is 0 Å². The SMILES string of the molecule is CC[C@](O)(C(O)C(C)C)[C@@H](O)COC. The van der Waals surface area contributed by atoms with Gasteiger partial charge in [-0.1, -0.05) is 20.8 Å². The fraction of sp³-hybridized carbons (Fsp3) is 1.00. The van der Waals surface area contributed by atoms with Gasteiger partial charge in [0.25, 0.3) is 0 Å². The van der Waals surface area contributed by atoms with Gasteiger partial charge in [-0.15, -0.1) is 0 Å². The van der Waals surface area contributed by atoms with Gasteiger partial charge in [0.1, 0.15) is 11.7 Å². The summed E-state index contributed by atoms with van der Waals surface area (Å²) in [5, 5.41) is 29.5. The first-order chi connectivity index (χ1) is 6.40. The molecule has 0 radical (unpaired) electrons. The summed E-state index contributed by atoms with van der Waals surface area (Å²) in [6.07, 6.45) is -1.72. The minimum atomic E-state index is -1.48. The lowest BCUT2D eigenvalue weighted by molar-refractivity contribution is -0.173. The molecule has 3 atom stereocenters. The molecule has 0 aromatic carbocycles. The number of aliphatic hydroxyl groups is 3. The quantitative estimate of drug-likeness (QED) is 0.578. The Morgan fingerprint density at radius 2 is 1.79 bits per heavy atom. The third kappa shape index (κ3) is 2.92. The molecule has 0 amide bonds. The molecule has 14 heavy (non-hydrogen) atoms. The zero-order valence-electron chi connectivity index (χ0n) is 9.40. The molecular weight excluding hydrogens is 184 g/mol. The lowest BCUT2D eigenvalue weighted by Crippen LogP contribution is -2.55. The van der Waals surface area contributed by atoms with Crippen molar-refractivity contribution in [3.63, 3.8) is 0 Å². The van der Waals surface area contributed by atoms with Crippen LogP contribution in [0.25, 0.3) is 0 Å². The maximum atomic E-state index is 10.1. The average Bonchev–Trinajstić information content (AvgIpc) is 2.15. The van der Waals surface area contributed by atoms with Crippen molar-refractivity contribution < 1.29 is 20.1 Å². The van der Waals surface area contributed by atoms with Crippen LogP contribution in [0.4, 0.5) is 0 Å². The van der Waals surface area contributed by atoms with Gasteiger partial charge in [0.2, 0.25) is 0 Å². The molecule has 0 spiro atoms. The third-order valence-corrected chi connectivity index (χ3v) is 2.61. The summed E-state index contributed by atoms with van der Waals surface area (Å²) < 4.78 is 4.76. The molecule has 0 saturated heterocycles. The van der Waals surface area contributed by atoms with Crippen molar-refractivity contribution >= 4 is 0 Å². The van der Waals surface area contributed by atoms with Crippen LogP contribution in [0.1, 0.15) is 27.2 Å². The maximum absolute atomic E-state index is 10.1. The smallest absolute Gasteiger partial charge is 0.118 e. The third-order valence-electron chi connectivity index (χ3n) is 2.61. The Bertz CT molecular complexity index is 160. The van der Waals surface area contributed by atoms with Gasteiger partial charge < -0.3 is 20.1 Å². The summed E-state index contributed by atoms with van der Waals surface area (Å²) in [4.78, 5) is 0. The van der Waals surface area contributed by atoms with Crippen LogP contribution in [-0.2, 0) is 4.74 Å². The van der Waals surface area contributed by atoms with Crippen LogP contribution in [0, 0.1) is 5.92 Å². The summed E-state index contributed by atoms with van der Waals surface area (Å²) in [7, 11) is 1.45. The molecule has 0 saturated carbocycles. The number of hydrogen-bond donors (Lipinski definition) is 3. The summed E-state index contributed by atoms with van der Waals surface area (Å²) >= 11 is 0. The second-order valence-corrected chi connectivity index (χ2v) is 4.00. The number of hydrogen-bond acceptors (Lipinski definition) is 4. The van der Waals surface area contributed by atoms with Crippen molar-refractivity contribution in [1.29, 1.82) is 0 Å². The van der Waals surface area contributed by atoms with Gasteiger partial charge >= 0.3 is 0 Å². The fourth-order valence-corrected chi connectivity index (χ4v) is 1.52. The summed E-state index contributed by atoms with van der Waals surface area (Å²) in [5.41, 5.74) is -1.48. The number of methoxy groups -OCH3 is 1. The molecule has 0 aromatic heterocycles. The van der Waals surface area contributed by atoms with E-state index in [1.807, 2.05) is 0 Å². The molecule has 0 aliphatic heterocycles. The molecule has 86 valence electrons. The highest BCUT2D eigenvalue weighted by atomic mass is 16.5. The first kappa shape index (κ1) is 13.8. The maximum Gasteiger partial charge on any atom is 0.118 e. The topological polar surface area (TPSA) is 69.9 Å². The molecule has 0 aromatic rings. The lowest BCUT2D eigenvalue weighted by Gasteiger charge is -2.37. The Morgan fingerprint density at radius 3 is 2.07 bits per heavy atom. The predicted molar refractivity (Wildman–Crippen MR) is 54.0 cm³/mol. The molecule has 1 unspecified atom stereocenters. The molecular formula is C10H22O4. The molecule has 4 nitrogen and oxygen atoms in total. The highest BCUT2D eigenvalue weighted by molar-refractivity contribution is 4.93.